The van der Waals surface area contributed by atoms with Crippen LogP contribution in [0.4, 0.5) is 0 Å². The Kier molecular flexibility index (Phi) is 3.48. The highest BCUT2D eigenvalue weighted by Crippen LogP contribution is 2.25. The highest BCUT2D eigenvalue weighted by atomic mass is 16.2. The number of likely N-dealkylation sites (tertiary alicyclic amines) is 1. The van der Waals surface area contributed by atoms with E-state index < -0.39 is 0 Å². The van der Waals surface area contributed by atoms with Crippen molar-refractivity contribution in [2.75, 3.05) is 13.6 Å². The zero-order chi connectivity index (χ0) is 12.4. The Morgan fingerprint density at radius 3 is 2.53 bits per heavy atom. The SMILES string of the molecule is CNC1CCN(C(C)c2ccc(C)cc2)C1=O. The van der Waals surface area contributed by atoms with E-state index in [9.17, 15) is 4.79 Å². The van der Waals surface area contributed by atoms with E-state index in [4.69, 9.17) is 0 Å². The number of likely N-dealkylation sites (N-methyl/N-ethyl adjacent to an activating group) is 1. The van der Waals surface area contributed by atoms with E-state index in [1.165, 1.54) is 11.1 Å². The fourth-order valence-corrected chi connectivity index (χ4v) is 2.38. The van der Waals surface area contributed by atoms with E-state index in [0.29, 0.717) is 0 Å². The minimum Gasteiger partial charge on any atom is -0.335 e. The molecule has 1 aliphatic rings. The maximum absolute atomic E-state index is 12.1. The molecular formula is C14H20N2O. The molecule has 3 heteroatoms. The Hall–Kier alpha value is -1.35. The molecule has 1 saturated heterocycles. The molecule has 0 saturated carbocycles. The second-order valence-corrected chi connectivity index (χ2v) is 4.75. The fourth-order valence-electron chi connectivity index (χ4n) is 2.38. The van der Waals surface area contributed by atoms with Gasteiger partial charge in [0.2, 0.25) is 5.91 Å². The Balaban J connectivity index is 2.13. The third-order valence-electron chi connectivity index (χ3n) is 3.62. The lowest BCUT2D eigenvalue weighted by atomic mass is 10.1. The second-order valence-electron chi connectivity index (χ2n) is 4.75. The molecule has 0 aromatic heterocycles. The number of rotatable bonds is 3. The van der Waals surface area contributed by atoms with Crippen LogP contribution in [-0.2, 0) is 4.79 Å². The van der Waals surface area contributed by atoms with Gasteiger partial charge in [0, 0.05) is 6.54 Å². The summed E-state index contributed by atoms with van der Waals surface area (Å²) in [6.45, 7) is 5.02. The average Bonchev–Trinajstić information content (AvgIpc) is 2.70. The molecule has 17 heavy (non-hydrogen) atoms. The van der Waals surface area contributed by atoms with Gasteiger partial charge < -0.3 is 10.2 Å². The van der Waals surface area contributed by atoms with Crippen LogP contribution in [0.3, 0.4) is 0 Å². The predicted molar refractivity (Wildman–Crippen MR) is 68.8 cm³/mol. The third-order valence-corrected chi connectivity index (χ3v) is 3.62. The fraction of sp³-hybridized carbons (Fsp3) is 0.500. The van der Waals surface area contributed by atoms with E-state index >= 15 is 0 Å². The molecule has 2 unspecified atom stereocenters. The lowest BCUT2D eigenvalue weighted by Crippen LogP contribution is -2.37. The molecule has 1 N–H and O–H groups in total. The highest BCUT2D eigenvalue weighted by molar-refractivity contribution is 5.84. The Morgan fingerprint density at radius 1 is 1.35 bits per heavy atom. The van der Waals surface area contributed by atoms with Crippen molar-refractivity contribution in [3.8, 4) is 0 Å². The van der Waals surface area contributed by atoms with Gasteiger partial charge >= 0.3 is 0 Å². The van der Waals surface area contributed by atoms with Crippen LogP contribution in [-0.4, -0.2) is 30.4 Å². The molecule has 1 aromatic rings. The van der Waals surface area contributed by atoms with Crippen molar-refractivity contribution in [2.24, 2.45) is 0 Å². The molecule has 1 aromatic carbocycles. The second kappa shape index (κ2) is 4.88. The van der Waals surface area contributed by atoms with Gasteiger partial charge in [0.25, 0.3) is 0 Å². The van der Waals surface area contributed by atoms with Crippen molar-refractivity contribution in [2.45, 2.75) is 32.4 Å². The van der Waals surface area contributed by atoms with Gasteiger partial charge in [0.15, 0.2) is 0 Å². The number of nitrogens with zero attached hydrogens (tertiary/aromatic N) is 1. The third kappa shape index (κ3) is 2.34. The van der Waals surface area contributed by atoms with Crippen LogP contribution in [0.1, 0.15) is 30.5 Å². The van der Waals surface area contributed by atoms with Crippen LogP contribution in [0.15, 0.2) is 24.3 Å². The van der Waals surface area contributed by atoms with Crippen LogP contribution >= 0.6 is 0 Å². The summed E-state index contributed by atoms with van der Waals surface area (Å²) in [6.07, 6.45) is 0.908. The molecule has 1 fully saturated rings. The molecule has 0 aliphatic carbocycles. The maximum atomic E-state index is 12.1. The van der Waals surface area contributed by atoms with E-state index in [-0.39, 0.29) is 18.0 Å². The van der Waals surface area contributed by atoms with Gasteiger partial charge in [0.1, 0.15) is 0 Å². The lowest BCUT2D eigenvalue weighted by Gasteiger charge is -2.25. The van der Waals surface area contributed by atoms with Crippen molar-refractivity contribution in [3.05, 3.63) is 35.4 Å². The largest absolute Gasteiger partial charge is 0.335 e. The van der Waals surface area contributed by atoms with Crippen LogP contribution < -0.4 is 5.32 Å². The van der Waals surface area contributed by atoms with Crippen LogP contribution in [0, 0.1) is 6.92 Å². The molecular weight excluding hydrogens is 212 g/mol. The molecule has 1 amide bonds. The van der Waals surface area contributed by atoms with Gasteiger partial charge in [-0.1, -0.05) is 29.8 Å². The number of hydrogen-bond donors (Lipinski definition) is 1. The van der Waals surface area contributed by atoms with E-state index in [1.807, 2.05) is 11.9 Å². The van der Waals surface area contributed by atoms with Crippen molar-refractivity contribution in [1.29, 1.82) is 0 Å². The minimum absolute atomic E-state index is 0.00268. The zero-order valence-electron chi connectivity index (χ0n) is 10.7. The molecule has 2 atom stereocenters. The van der Waals surface area contributed by atoms with Gasteiger partial charge in [0.05, 0.1) is 12.1 Å². The van der Waals surface area contributed by atoms with E-state index in [1.54, 1.807) is 0 Å². The first-order valence-electron chi connectivity index (χ1n) is 6.18. The molecule has 1 heterocycles. The maximum Gasteiger partial charge on any atom is 0.240 e. The smallest absolute Gasteiger partial charge is 0.240 e. The van der Waals surface area contributed by atoms with Crippen molar-refractivity contribution >= 4 is 5.91 Å². The van der Waals surface area contributed by atoms with Crippen molar-refractivity contribution in [3.63, 3.8) is 0 Å². The lowest BCUT2D eigenvalue weighted by molar-refractivity contribution is -0.131. The van der Waals surface area contributed by atoms with Crippen molar-refractivity contribution < 1.29 is 4.79 Å². The Morgan fingerprint density at radius 2 is 2.00 bits per heavy atom. The predicted octanol–water partition coefficient (Wildman–Crippen LogP) is 1.88. The average molecular weight is 232 g/mol. The summed E-state index contributed by atoms with van der Waals surface area (Å²) >= 11 is 0. The minimum atomic E-state index is 0.00268. The van der Waals surface area contributed by atoms with Gasteiger partial charge in [-0.15, -0.1) is 0 Å². The first kappa shape index (κ1) is 12.1. The van der Waals surface area contributed by atoms with E-state index in [2.05, 4.69) is 43.4 Å². The van der Waals surface area contributed by atoms with Gasteiger partial charge in [-0.3, -0.25) is 4.79 Å². The van der Waals surface area contributed by atoms with E-state index in [0.717, 1.165) is 13.0 Å². The topological polar surface area (TPSA) is 32.3 Å². The number of nitrogens with one attached hydrogen (secondary N) is 1. The zero-order valence-corrected chi connectivity index (χ0v) is 10.7. The molecule has 1 aliphatic heterocycles. The number of carbonyl (C=O) groups is 1. The summed E-state index contributed by atoms with van der Waals surface area (Å²) in [5, 5.41) is 3.07. The number of aryl methyl sites for hydroxylation is 1. The standard InChI is InChI=1S/C14H20N2O/c1-10-4-6-12(7-5-10)11(2)16-9-8-13(15-3)14(16)17/h4-7,11,13,15H,8-9H2,1-3H3. The first-order valence-corrected chi connectivity index (χ1v) is 6.18. The van der Waals surface area contributed by atoms with Crippen molar-refractivity contribution in [1.82, 2.24) is 10.2 Å². The number of amides is 1. The normalized spacial score (nSPS) is 21.9. The quantitative estimate of drug-likeness (QED) is 0.863. The number of hydrogen-bond acceptors (Lipinski definition) is 2. The number of carbonyl (C=O) groups excluding carboxylic acids is 1. The molecule has 0 radical (unpaired) electrons. The summed E-state index contributed by atoms with van der Waals surface area (Å²) in [6, 6.07) is 8.59. The molecule has 92 valence electrons. The van der Waals surface area contributed by atoms with Gasteiger partial charge in [-0.2, -0.15) is 0 Å². The molecule has 2 rings (SSSR count). The first-order chi connectivity index (χ1) is 8.13. The summed E-state index contributed by atoms with van der Waals surface area (Å²) in [5.74, 6) is 0.223. The monoisotopic (exact) mass is 232 g/mol. The highest BCUT2D eigenvalue weighted by Gasteiger charge is 2.33. The van der Waals surface area contributed by atoms with Crippen LogP contribution in [0.2, 0.25) is 0 Å². The summed E-state index contributed by atoms with van der Waals surface area (Å²) in [7, 11) is 1.85. The summed E-state index contributed by atoms with van der Waals surface area (Å²) < 4.78 is 0. The molecule has 0 spiro atoms. The summed E-state index contributed by atoms with van der Waals surface area (Å²) in [4.78, 5) is 14.0. The Labute approximate surface area is 103 Å². The molecule has 3 nitrogen and oxygen atoms in total. The molecule has 0 bridgehead atoms. The van der Waals surface area contributed by atoms with Crippen LogP contribution in [0.25, 0.3) is 0 Å². The van der Waals surface area contributed by atoms with Gasteiger partial charge in [-0.05, 0) is 32.9 Å². The van der Waals surface area contributed by atoms with Crippen LogP contribution in [0.5, 0.6) is 0 Å². The number of benzene rings is 1. The van der Waals surface area contributed by atoms with Gasteiger partial charge in [-0.25, -0.2) is 0 Å². The Bertz CT molecular complexity index is 399. The summed E-state index contributed by atoms with van der Waals surface area (Å²) in [5.41, 5.74) is 2.46.